The normalized spacial score (nSPS) is 10.3. The zero-order valence-electron chi connectivity index (χ0n) is 8.45. The minimum absolute atomic E-state index is 0.164. The number of rotatable bonds is 2. The molecule has 2 rings (SSSR count). The number of hydrogen-bond donors (Lipinski definition) is 1. The Bertz CT molecular complexity index is 538. The highest BCUT2D eigenvalue weighted by Crippen LogP contribution is 2.36. The molecule has 0 aromatic heterocycles. The maximum Gasteiger partial charge on any atom is 0.147 e. The number of ether oxygens (including phenoxy) is 1. The van der Waals surface area contributed by atoms with Crippen LogP contribution in [-0.2, 0) is 0 Å². The zero-order chi connectivity index (χ0) is 12.4. The van der Waals surface area contributed by atoms with Crippen LogP contribution < -0.4 is 4.74 Å². The van der Waals surface area contributed by atoms with E-state index in [0.717, 1.165) is 0 Å². The van der Waals surface area contributed by atoms with E-state index in [-0.39, 0.29) is 5.75 Å². The maximum atomic E-state index is 9.14. The molecule has 0 bridgehead atoms. The first-order chi connectivity index (χ1) is 8.06. The summed E-state index contributed by atoms with van der Waals surface area (Å²) in [6, 6.07) is 9.32. The summed E-state index contributed by atoms with van der Waals surface area (Å²) in [5.74, 6) is 1.12. The number of hydrogen-bond acceptors (Lipinski definition) is 2. The number of benzene rings is 2. The topological polar surface area (TPSA) is 29.5 Å². The minimum Gasteiger partial charge on any atom is -0.508 e. The summed E-state index contributed by atoms with van der Waals surface area (Å²) in [5.41, 5.74) is 0. The summed E-state index contributed by atoms with van der Waals surface area (Å²) in [6.45, 7) is 0. The monoisotopic (exact) mass is 288 g/mol. The van der Waals surface area contributed by atoms with E-state index >= 15 is 0 Å². The predicted molar refractivity (Wildman–Crippen MR) is 69.7 cm³/mol. The van der Waals surface area contributed by atoms with E-state index in [1.807, 2.05) is 0 Å². The standard InChI is InChI=1S/C12H7Cl3O2/c13-9-5-11(15)12(6-10(9)14)17-8-3-1-7(16)2-4-8/h1-6,16H. The van der Waals surface area contributed by atoms with Gasteiger partial charge in [0.1, 0.15) is 17.2 Å². The number of phenols is 1. The first kappa shape index (κ1) is 12.4. The van der Waals surface area contributed by atoms with Crippen LogP contribution in [0.3, 0.4) is 0 Å². The molecule has 0 spiro atoms. The Kier molecular flexibility index (Phi) is 3.67. The van der Waals surface area contributed by atoms with Gasteiger partial charge in [-0.05, 0) is 30.3 Å². The highest BCUT2D eigenvalue weighted by Gasteiger charge is 2.08. The molecule has 0 unspecified atom stereocenters. The molecule has 0 saturated heterocycles. The maximum absolute atomic E-state index is 9.14. The van der Waals surface area contributed by atoms with Crippen LogP contribution in [-0.4, -0.2) is 5.11 Å². The van der Waals surface area contributed by atoms with E-state index in [2.05, 4.69) is 0 Å². The number of aromatic hydroxyl groups is 1. The van der Waals surface area contributed by atoms with Crippen LogP contribution in [0.1, 0.15) is 0 Å². The van der Waals surface area contributed by atoms with Crippen molar-refractivity contribution in [3.8, 4) is 17.2 Å². The van der Waals surface area contributed by atoms with Gasteiger partial charge in [-0.25, -0.2) is 0 Å². The lowest BCUT2D eigenvalue weighted by atomic mass is 10.3. The van der Waals surface area contributed by atoms with Crippen LogP contribution in [0.15, 0.2) is 36.4 Å². The van der Waals surface area contributed by atoms with E-state index in [0.29, 0.717) is 26.6 Å². The second-order valence-electron chi connectivity index (χ2n) is 3.29. The van der Waals surface area contributed by atoms with E-state index in [9.17, 15) is 0 Å². The third kappa shape index (κ3) is 2.97. The molecule has 0 fully saturated rings. The van der Waals surface area contributed by atoms with E-state index < -0.39 is 0 Å². The van der Waals surface area contributed by atoms with Crippen LogP contribution in [0.5, 0.6) is 17.2 Å². The first-order valence-electron chi connectivity index (χ1n) is 4.67. The lowest BCUT2D eigenvalue weighted by molar-refractivity contribution is 0.464. The van der Waals surface area contributed by atoms with Gasteiger partial charge in [-0.3, -0.25) is 0 Å². The number of phenolic OH excluding ortho intramolecular Hbond substituents is 1. The van der Waals surface area contributed by atoms with Crippen LogP contribution >= 0.6 is 34.8 Å². The van der Waals surface area contributed by atoms with Gasteiger partial charge in [0.05, 0.1) is 15.1 Å². The van der Waals surface area contributed by atoms with Crippen LogP contribution in [0, 0.1) is 0 Å². The zero-order valence-corrected chi connectivity index (χ0v) is 10.7. The molecule has 2 aromatic rings. The quantitative estimate of drug-likeness (QED) is 0.775. The third-order valence-electron chi connectivity index (χ3n) is 2.04. The van der Waals surface area contributed by atoms with Gasteiger partial charge < -0.3 is 9.84 Å². The van der Waals surface area contributed by atoms with Gasteiger partial charge in [-0.1, -0.05) is 34.8 Å². The predicted octanol–water partition coefficient (Wildman–Crippen LogP) is 5.14. The summed E-state index contributed by atoms with van der Waals surface area (Å²) in [6.07, 6.45) is 0. The van der Waals surface area contributed by atoms with Crippen molar-refractivity contribution >= 4 is 34.8 Å². The van der Waals surface area contributed by atoms with Crippen LogP contribution in [0.2, 0.25) is 15.1 Å². The Morgan fingerprint density at radius 1 is 0.824 bits per heavy atom. The molecule has 2 aromatic carbocycles. The second-order valence-corrected chi connectivity index (χ2v) is 4.51. The van der Waals surface area contributed by atoms with Crippen molar-refractivity contribution in [1.82, 2.24) is 0 Å². The Labute approximate surface area is 113 Å². The van der Waals surface area contributed by atoms with Gasteiger partial charge in [0, 0.05) is 6.07 Å². The van der Waals surface area contributed by atoms with Gasteiger partial charge in [0.15, 0.2) is 0 Å². The molecule has 0 saturated carbocycles. The van der Waals surface area contributed by atoms with E-state index in [1.165, 1.54) is 18.2 Å². The van der Waals surface area contributed by atoms with Gasteiger partial charge in [-0.2, -0.15) is 0 Å². The fourth-order valence-corrected chi connectivity index (χ4v) is 1.80. The summed E-state index contributed by atoms with van der Waals surface area (Å²) in [7, 11) is 0. The van der Waals surface area contributed by atoms with Crippen molar-refractivity contribution < 1.29 is 9.84 Å². The Hall–Kier alpha value is -1.09. The van der Waals surface area contributed by atoms with E-state index in [4.69, 9.17) is 44.6 Å². The molecule has 2 nitrogen and oxygen atoms in total. The van der Waals surface area contributed by atoms with Gasteiger partial charge >= 0.3 is 0 Å². The third-order valence-corrected chi connectivity index (χ3v) is 3.06. The van der Waals surface area contributed by atoms with Crippen LogP contribution in [0.25, 0.3) is 0 Å². The van der Waals surface area contributed by atoms with Crippen LogP contribution in [0.4, 0.5) is 0 Å². The molecule has 0 aliphatic rings. The Morgan fingerprint density at radius 3 is 2.06 bits per heavy atom. The van der Waals surface area contributed by atoms with Gasteiger partial charge in [0.2, 0.25) is 0 Å². The molecular weight excluding hydrogens is 282 g/mol. The van der Waals surface area contributed by atoms with E-state index in [1.54, 1.807) is 18.2 Å². The van der Waals surface area contributed by atoms with Gasteiger partial charge in [0.25, 0.3) is 0 Å². The minimum atomic E-state index is 0.164. The number of halogens is 3. The molecule has 0 aliphatic heterocycles. The van der Waals surface area contributed by atoms with Crippen molar-refractivity contribution in [2.75, 3.05) is 0 Å². The second kappa shape index (κ2) is 5.05. The first-order valence-corrected chi connectivity index (χ1v) is 5.81. The molecule has 0 atom stereocenters. The molecule has 17 heavy (non-hydrogen) atoms. The highest BCUT2D eigenvalue weighted by molar-refractivity contribution is 6.43. The fourth-order valence-electron chi connectivity index (χ4n) is 1.22. The fraction of sp³-hybridized carbons (Fsp3) is 0. The van der Waals surface area contributed by atoms with Crippen molar-refractivity contribution in [3.63, 3.8) is 0 Å². The largest absolute Gasteiger partial charge is 0.508 e. The SMILES string of the molecule is Oc1ccc(Oc2cc(Cl)c(Cl)cc2Cl)cc1. The molecule has 0 radical (unpaired) electrons. The van der Waals surface area contributed by atoms with Crippen molar-refractivity contribution in [3.05, 3.63) is 51.5 Å². The summed E-state index contributed by atoms with van der Waals surface area (Å²) >= 11 is 17.6. The molecule has 0 amide bonds. The molecule has 1 N–H and O–H groups in total. The average Bonchev–Trinajstić information content (AvgIpc) is 2.29. The van der Waals surface area contributed by atoms with Crippen molar-refractivity contribution in [1.29, 1.82) is 0 Å². The molecule has 88 valence electrons. The Morgan fingerprint density at radius 2 is 1.41 bits per heavy atom. The average molecular weight is 290 g/mol. The molecular formula is C12H7Cl3O2. The summed E-state index contributed by atoms with van der Waals surface area (Å²) in [4.78, 5) is 0. The van der Waals surface area contributed by atoms with Crippen molar-refractivity contribution in [2.45, 2.75) is 0 Å². The molecule has 0 aliphatic carbocycles. The summed E-state index contributed by atoms with van der Waals surface area (Å²) in [5, 5.41) is 10.2. The smallest absolute Gasteiger partial charge is 0.147 e. The summed E-state index contributed by atoms with van der Waals surface area (Å²) < 4.78 is 5.51. The van der Waals surface area contributed by atoms with Gasteiger partial charge in [-0.15, -0.1) is 0 Å². The lowest BCUT2D eigenvalue weighted by Crippen LogP contribution is -1.85. The molecule has 5 heteroatoms. The Balaban J connectivity index is 2.30. The van der Waals surface area contributed by atoms with Crippen molar-refractivity contribution in [2.24, 2.45) is 0 Å². The lowest BCUT2D eigenvalue weighted by Gasteiger charge is -2.08. The molecule has 0 heterocycles. The highest BCUT2D eigenvalue weighted by atomic mass is 35.5.